The second-order valence-electron chi connectivity index (χ2n) is 9.45. The molecule has 39 heavy (non-hydrogen) atoms. The predicted molar refractivity (Wildman–Crippen MR) is 139 cm³/mol. The number of anilines is 1. The summed E-state index contributed by atoms with van der Waals surface area (Å²) < 4.78 is 51.3. The Balaban J connectivity index is 1.28. The molecule has 11 heteroatoms. The summed E-state index contributed by atoms with van der Waals surface area (Å²) in [6.45, 7) is 3.10. The minimum atomic E-state index is -4.45. The Morgan fingerprint density at radius 2 is 1.85 bits per heavy atom. The monoisotopic (exact) mass is 540 g/mol. The van der Waals surface area contributed by atoms with Crippen molar-refractivity contribution < 1.29 is 31.9 Å². The number of aromatic nitrogens is 1. The zero-order valence-electron chi connectivity index (χ0n) is 21.4. The number of benzene rings is 2. The molecule has 1 aliphatic heterocycles. The van der Waals surface area contributed by atoms with Crippen molar-refractivity contribution >= 4 is 28.7 Å². The first-order chi connectivity index (χ1) is 18.6. The summed E-state index contributed by atoms with van der Waals surface area (Å²) >= 11 is 0. The Morgan fingerprint density at radius 1 is 1.08 bits per heavy atom. The van der Waals surface area contributed by atoms with Gasteiger partial charge in [-0.25, -0.2) is 4.79 Å². The number of methoxy groups -OCH3 is 1. The van der Waals surface area contributed by atoms with Crippen LogP contribution in [0.4, 0.5) is 23.7 Å². The first-order valence-corrected chi connectivity index (χ1v) is 12.4. The van der Waals surface area contributed by atoms with Gasteiger partial charge in [-0.3, -0.25) is 4.79 Å². The van der Waals surface area contributed by atoms with Gasteiger partial charge in [-0.1, -0.05) is 12.1 Å². The van der Waals surface area contributed by atoms with Crippen molar-refractivity contribution in [3.05, 3.63) is 83.7 Å². The largest absolute Gasteiger partial charge is 0.497 e. The van der Waals surface area contributed by atoms with Crippen molar-refractivity contribution in [2.24, 2.45) is 0 Å². The van der Waals surface area contributed by atoms with E-state index in [2.05, 4.69) is 5.32 Å². The Morgan fingerprint density at radius 3 is 2.54 bits per heavy atom. The smallest absolute Gasteiger partial charge is 0.416 e. The van der Waals surface area contributed by atoms with Crippen molar-refractivity contribution in [2.45, 2.75) is 25.7 Å². The summed E-state index contributed by atoms with van der Waals surface area (Å²) in [6.07, 6.45) is -2.87. The van der Waals surface area contributed by atoms with Gasteiger partial charge in [0, 0.05) is 36.7 Å². The molecule has 1 N–H and O–H groups in total. The van der Waals surface area contributed by atoms with Gasteiger partial charge in [0.2, 0.25) is 5.71 Å². The van der Waals surface area contributed by atoms with Crippen LogP contribution < -0.4 is 10.1 Å². The van der Waals surface area contributed by atoms with Crippen LogP contribution in [0.1, 0.15) is 28.5 Å². The molecule has 3 heterocycles. The van der Waals surface area contributed by atoms with E-state index in [4.69, 9.17) is 9.15 Å². The molecule has 0 aliphatic carbocycles. The average Bonchev–Trinajstić information content (AvgIpc) is 3.50. The number of amides is 3. The highest BCUT2D eigenvalue weighted by molar-refractivity contribution is 5.98. The molecule has 1 atom stereocenters. The van der Waals surface area contributed by atoms with Crippen LogP contribution in [-0.2, 0) is 12.7 Å². The average molecular weight is 541 g/mol. The molecule has 1 saturated heterocycles. The fourth-order valence-corrected chi connectivity index (χ4v) is 4.81. The summed E-state index contributed by atoms with van der Waals surface area (Å²) in [5.41, 5.74) is 1.47. The normalized spacial score (nSPS) is 16.0. The molecule has 2 aromatic heterocycles. The van der Waals surface area contributed by atoms with Crippen LogP contribution in [0.15, 0.2) is 71.3 Å². The molecule has 5 rings (SSSR count). The number of ether oxygens (including phenoxy) is 1. The van der Waals surface area contributed by atoms with Crippen LogP contribution in [0.2, 0.25) is 0 Å². The van der Waals surface area contributed by atoms with Gasteiger partial charge in [-0.05, 0) is 61.0 Å². The van der Waals surface area contributed by atoms with E-state index in [-0.39, 0.29) is 24.2 Å². The lowest BCUT2D eigenvalue weighted by molar-refractivity contribution is -0.137. The van der Waals surface area contributed by atoms with Gasteiger partial charge < -0.3 is 28.8 Å². The van der Waals surface area contributed by atoms with Gasteiger partial charge in [0.05, 0.1) is 25.5 Å². The number of furan rings is 1. The van der Waals surface area contributed by atoms with E-state index in [0.717, 1.165) is 23.1 Å². The second kappa shape index (κ2) is 10.4. The number of hydrogen-bond donors (Lipinski definition) is 1. The first kappa shape index (κ1) is 26.2. The summed E-state index contributed by atoms with van der Waals surface area (Å²) in [7, 11) is 1.60. The Bertz CT molecular complexity index is 1490. The Hall–Kier alpha value is -4.41. The van der Waals surface area contributed by atoms with Crippen molar-refractivity contribution in [1.29, 1.82) is 0 Å². The number of piperazine rings is 1. The van der Waals surface area contributed by atoms with E-state index < -0.39 is 17.8 Å². The highest BCUT2D eigenvalue weighted by Crippen LogP contribution is 2.30. The topological polar surface area (TPSA) is 80.0 Å². The highest BCUT2D eigenvalue weighted by atomic mass is 19.4. The SMILES string of the molecule is COc1cccc(Cn2c(C(=O)N3CCN(C(=O)Nc4ccc(C(F)(F)F)cc4)[C@@H](C)C3)cc3ccoc32)c1. The van der Waals surface area contributed by atoms with Crippen molar-refractivity contribution in [1.82, 2.24) is 14.4 Å². The van der Waals surface area contributed by atoms with E-state index in [9.17, 15) is 22.8 Å². The molecule has 0 bridgehead atoms. The van der Waals surface area contributed by atoms with Crippen LogP contribution >= 0.6 is 0 Å². The van der Waals surface area contributed by atoms with Gasteiger partial charge in [-0.2, -0.15) is 13.2 Å². The molecule has 3 amide bonds. The summed E-state index contributed by atoms with van der Waals surface area (Å²) in [5.74, 6) is 0.529. The maximum Gasteiger partial charge on any atom is 0.416 e. The maximum absolute atomic E-state index is 13.7. The fourth-order valence-electron chi connectivity index (χ4n) is 4.81. The lowest BCUT2D eigenvalue weighted by Gasteiger charge is -2.39. The molecule has 0 radical (unpaired) electrons. The molecule has 0 saturated carbocycles. The first-order valence-electron chi connectivity index (χ1n) is 12.4. The number of urea groups is 1. The van der Waals surface area contributed by atoms with E-state index in [1.54, 1.807) is 35.3 Å². The van der Waals surface area contributed by atoms with E-state index in [1.165, 1.54) is 12.1 Å². The third kappa shape index (κ3) is 5.43. The third-order valence-electron chi connectivity index (χ3n) is 6.84. The zero-order chi connectivity index (χ0) is 27.7. The number of hydrogen-bond acceptors (Lipinski definition) is 4. The summed E-state index contributed by atoms with van der Waals surface area (Å²) in [4.78, 5) is 29.8. The van der Waals surface area contributed by atoms with Gasteiger partial charge >= 0.3 is 12.2 Å². The van der Waals surface area contributed by atoms with Gasteiger partial charge in [0.25, 0.3) is 5.91 Å². The lowest BCUT2D eigenvalue weighted by Crippen LogP contribution is -2.56. The van der Waals surface area contributed by atoms with Crippen molar-refractivity contribution in [2.75, 3.05) is 32.1 Å². The van der Waals surface area contributed by atoms with Crippen molar-refractivity contribution in [3.63, 3.8) is 0 Å². The minimum absolute atomic E-state index is 0.182. The van der Waals surface area contributed by atoms with Gasteiger partial charge in [0.15, 0.2) is 0 Å². The molecule has 1 fully saturated rings. The third-order valence-corrected chi connectivity index (χ3v) is 6.84. The maximum atomic E-state index is 13.7. The number of rotatable bonds is 5. The zero-order valence-corrected chi connectivity index (χ0v) is 21.4. The van der Waals surface area contributed by atoms with Crippen LogP contribution in [0.25, 0.3) is 11.1 Å². The number of alkyl halides is 3. The summed E-state index contributed by atoms with van der Waals surface area (Å²) in [5, 5.41) is 3.46. The molecule has 4 aromatic rings. The highest BCUT2D eigenvalue weighted by Gasteiger charge is 2.33. The second-order valence-corrected chi connectivity index (χ2v) is 9.45. The van der Waals surface area contributed by atoms with Crippen LogP contribution in [0, 0.1) is 0 Å². The van der Waals surface area contributed by atoms with Crippen LogP contribution in [-0.4, -0.2) is 59.1 Å². The minimum Gasteiger partial charge on any atom is -0.497 e. The molecular formula is C28H27F3N4O4. The quantitative estimate of drug-likeness (QED) is 0.353. The van der Waals surface area contributed by atoms with E-state index in [0.29, 0.717) is 36.8 Å². The van der Waals surface area contributed by atoms with E-state index in [1.807, 2.05) is 35.8 Å². The summed E-state index contributed by atoms with van der Waals surface area (Å²) in [6, 6.07) is 14.7. The Kier molecular flexibility index (Phi) is 6.98. The molecular weight excluding hydrogens is 513 g/mol. The van der Waals surface area contributed by atoms with Crippen molar-refractivity contribution in [3.8, 4) is 5.75 Å². The van der Waals surface area contributed by atoms with Gasteiger partial charge in [0.1, 0.15) is 11.4 Å². The standard InChI is InChI=1S/C28H27F3N4O4/c1-18-16-33(11-12-34(18)27(37)32-22-8-6-21(7-9-22)28(29,30)31)25(36)24-15-20-10-13-39-26(20)35(24)17-19-4-3-5-23(14-19)38-2/h3-10,13-15,18H,11-12,16-17H2,1-2H3,(H,32,37)/t18-/m0/s1. The van der Waals surface area contributed by atoms with Gasteiger partial charge in [-0.15, -0.1) is 0 Å². The molecule has 0 spiro atoms. The lowest BCUT2D eigenvalue weighted by atomic mass is 10.1. The fraction of sp³-hybridized carbons (Fsp3) is 0.286. The molecule has 8 nitrogen and oxygen atoms in total. The molecule has 0 unspecified atom stereocenters. The van der Waals surface area contributed by atoms with Crippen LogP contribution in [0.5, 0.6) is 5.75 Å². The Labute approximate surface area is 222 Å². The number of nitrogens with zero attached hydrogens (tertiary/aromatic N) is 3. The van der Waals surface area contributed by atoms with E-state index >= 15 is 0 Å². The van der Waals surface area contributed by atoms with Crippen LogP contribution in [0.3, 0.4) is 0 Å². The number of nitrogens with one attached hydrogen (secondary N) is 1. The number of carbonyl (C=O) groups excluding carboxylic acids is 2. The number of halogens is 3. The molecule has 204 valence electrons. The predicted octanol–water partition coefficient (Wildman–Crippen LogP) is 5.69. The number of carbonyl (C=O) groups is 2. The number of fused-ring (bicyclic) bond motifs is 1. The molecule has 2 aromatic carbocycles. The molecule has 1 aliphatic rings.